The van der Waals surface area contributed by atoms with E-state index in [4.69, 9.17) is 9.52 Å². The van der Waals surface area contributed by atoms with Crippen molar-refractivity contribution < 1.29 is 19.1 Å². The molecule has 1 aliphatic rings. The van der Waals surface area contributed by atoms with Gasteiger partial charge in [-0.2, -0.15) is 0 Å². The Balaban J connectivity index is 1.85. The molecule has 7 nitrogen and oxygen atoms in total. The van der Waals surface area contributed by atoms with Crippen LogP contribution in [0.15, 0.2) is 39.7 Å². The number of carbonyl (C=O) groups excluding carboxylic acids is 1. The number of aromatic nitrogens is 1. The Morgan fingerprint density at radius 1 is 1.38 bits per heavy atom. The van der Waals surface area contributed by atoms with Crippen LogP contribution in [0.2, 0.25) is 0 Å². The van der Waals surface area contributed by atoms with E-state index >= 15 is 0 Å². The van der Waals surface area contributed by atoms with E-state index < -0.39 is 23.4 Å². The molecule has 3 rings (SSSR count). The Labute approximate surface area is 137 Å². The van der Waals surface area contributed by atoms with Crippen LogP contribution >= 0.6 is 0 Å². The van der Waals surface area contributed by atoms with Gasteiger partial charge in [0.25, 0.3) is 11.5 Å². The van der Waals surface area contributed by atoms with Crippen LogP contribution in [0.3, 0.4) is 0 Å². The van der Waals surface area contributed by atoms with Crippen LogP contribution < -0.4 is 5.56 Å². The van der Waals surface area contributed by atoms with Crippen molar-refractivity contribution in [1.82, 2.24) is 9.88 Å². The Bertz CT molecular complexity index is 805. The van der Waals surface area contributed by atoms with Gasteiger partial charge in [-0.25, -0.2) is 0 Å². The van der Waals surface area contributed by atoms with Crippen molar-refractivity contribution in [2.45, 2.75) is 25.8 Å². The summed E-state index contributed by atoms with van der Waals surface area (Å²) in [5.41, 5.74) is -0.0178. The van der Waals surface area contributed by atoms with Crippen LogP contribution in [-0.2, 0) is 4.79 Å². The van der Waals surface area contributed by atoms with Crippen molar-refractivity contribution in [3.8, 4) is 11.5 Å². The first-order valence-electron chi connectivity index (χ1n) is 7.78. The van der Waals surface area contributed by atoms with E-state index in [-0.39, 0.29) is 18.2 Å². The molecule has 2 aromatic rings. The normalized spacial score (nSPS) is 15.0. The summed E-state index contributed by atoms with van der Waals surface area (Å²) in [6.45, 7) is 1.65. The molecular formula is C17H18N2O5. The second-order valence-electron chi connectivity index (χ2n) is 6.02. The van der Waals surface area contributed by atoms with Gasteiger partial charge in [-0.05, 0) is 37.1 Å². The van der Waals surface area contributed by atoms with Gasteiger partial charge in [0, 0.05) is 12.6 Å². The van der Waals surface area contributed by atoms with E-state index in [1.807, 2.05) is 0 Å². The highest BCUT2D eigenvalue weighted by Gasteiger charge is 2.35. The molecule has 2 N–H and O–H groups in total. The third-order valence-electron chi connectivity index (χ3n) is 4.07. The topological polar surface area (TPSA) is 104 Å². The van der Waals surface area contributed by atoms with Crippen molar-refractivity contribution in [3.63, 3.8) is 0 Å². The fourth-order valence-corrected chi connectivity index (χ4v) is 2.53. The molecule has 2 aromatic heterocycles. The lowest BCUT2D eigenvalue weighted by Crippen LogP contribution is -2.40. The number of carbonyl (C=O) groups is 2. The summed E-state index contributed by atoms with van der Waals surface area (Å²) < 4.78 is 5.22. The molecule has 1 fully saturated rings. The van der Waals surface area contributed by atoms with Crippen LogP contribution in [-0.4, -0.2) is 39.5 Å². The number of H-pyrrole nitrogens is 1. The lowest BCUT2D eigenvalue weighted by Gasteiger charge is -2.24. The maximum atomic E-state index is 12.7. The zero-order valence-electron chi connectivity index (χ0n) is 13.2. The maximum absolute atomic E-state index is 12.7. The maximum Gasteiger partial charge on any atom is 0.308 e. The zero-order valence-corrected chi connectivity index (χ0v) is 13.2. The zero-order chi connectivity index (χ0) is 17.3. The molecule has 0 bridgehead atoms. The van der Waals surface area contributed by atoms with Gasteiger partial charge in [-0.15, -0.1) is 0 Å². The average Bonchev–Trinajstić information content (AvgIpc) is 3.24. The molecule has 1 aliphatic carbocycles. The molecule has 1 saturated carbocycles. The summed E-state index contributed by atoms with van der Waals surface area (Å²) in [5, 5.41) is 9.07. The van der Waals surface area contributed by atoms with Crippen molar-refractivity contribution in [3.05, 3.63) is 46.4 Å². The Morgan fingerprint density at radius 2 is 2.12 bits per heavy atom. The number of aromatic amines is 1. The molecule has 0 radical (unpaired) electrons. The molecule has 1 unspecified atom stereocenters. The number of aliphatic carboxylic acids is 1. The first kappa shape index (κ1) is 16.0. The second-order valence-corrected chi connectivity index (χ2v) is 6.02. The van der Waals surface area contributed by atoms with Gasteiger partial charge in [0.1, 0.15) is 11.3 Å². The van der Waals surface area contributed by atoms with Gasteiger partial charge in [-0.3, -0.25) is 14.4 Å². The Kier molecular flexibility index (Phi) is 4.24. The van der Waals surface area contributed by atoms with Crippen LogP contribution in [0.1, 0.15) is 30.1 Å². The van der Waals surface area contributed by atoms with Crippen LogP contribution in [0.5, 0.6) is 0 Å². The molecule has 0 spiro atoms. The number of carboxylic acids is 1. The van der Waals surface area contributed by atoms with Gasteiger partial charge in [0.15, 0.2) is 0 Å². The second kappa shape index (κ2) is 6.35. The minimum absolute atomic E-state index is 0.00907. The standard InChI is InChI=1S/C17H18N2O5/c1-10(17(22)23)9-19(11-4-5-11)16(21)12-6-7-13(18-15(12)20)14-3-2-8-24-14/h2-3,6-8,10-11H,4-5,9H2,1H3,(H,18,20)(H,22,23). The van der Waals surface area contributed by atoms with Gasteiger partial charge in [0.05, 0.1) is 17.9 Å². The lowest BCUT2D eigenvalue weighted by atomic mass is 10.1. The van der Waals surface area contributed by atoms with E-state index in [9.17, 15) is 14.4 Å². The highest BCUT2D eigenvalue weighted by Crippen LogP contribution is 2.29. The number of nitrogens with one attached hydrogen (secondary N) is 1. The summed E-state index contributed by atoms with van der Waals surface area (Å²) in [5.74, 6) is -1.57. The highest BCUT2D eigenvalue weighted by molar-refractivity contribution is 5.94. The van der Waals surface area contributed by atoms with Gasteiger partial charge in [0.2, 0.25) is 0 Å². The van der Waals surface area contributed by atoms with E-state index in [0.717, 1.165) is 12.8 Å². The molecule has 0 aliphatic heterocycles. The molecule has 7 heteroatoms. The molecule has 0 saturated heterocycles. The van der Waals surface area contributed by atoms with Crippen molar-refractivity contribution in [2.75, 3.05) is 6.54 Å². The smallest absolute Gasteiger partial charge is 0.308 e. The number of rotatable bonds is 6. The number of hydrogen-bond donors (Lipinski definition) is 2. The summed E-state index contributed by atoms with van der Waals surface area (Å²) in [4.78, 5) is 40.2. The van der Waals surface area contributed by atoms with Crippen molar-refractivity contribution in [2.24, 2.45) is 5.92 Å². The predicted octanol–water partition coefficient (Wildman–Crippen LogP) is 1.96. The van der Waals surface area contributed by atoms with Crippen molar-refractivity contribution >= 4 is 11.9 Å². The number of furan rings is 1. The predicted molar refractivity (Wildman–Crippen MR) is 85.6 cm³/mol. The average molecular weight is 330 g/mol. The number of carboxylic acid groups (broad SMARTS) is 1. The third-order valence-corrected chi connectivity index (χ3v) is 4.07. The largest absolute Gasteiger partial charge is 0.481 e. The van der Waals surface area contributed by atoms with Gasteiger partial charge < -0.3 is 19.4 Å². The highest BCUT2D eigenvalue weighted by atomic mass is 16.4. The summed E-state index contributed by atoms with van der Waals surface area (Å²) in [7, 11) is 0. The van der Waals surface area contributed by atoms with Crippen molar-refractivity contribution in [1.29, 1.82) is 0 Å². The van der Waals surface area contributed by atoms with Crippen LogP contribution in [0.4, 0.5) is 0 Å². The van der Waals surface area contributed by atoms with E-state index in [2.05, 4.69) is 4.98 Å². The first-order valence-corrected chi connectivity index (χ1v) is 7.78. The molecule has 126 valence electrons. The van der Waals surface area contributed by atoms with E-state index in [0.29, 0.717) is 11.5 Å². The number of amides is 1. The minimum atomic E-state index is -0.962. The first-order chi connectivity index (χ1) is 11.5. The van der Waals surface area contributed by atoms with Crippen LogP contribution in [0, 0.1) is 5.92 Å². The molecule has 0 aromatic carbocycles. The molecule has 24 heavy (non-hydrogen) atoms. The third kappa shape index (κ3) is 3.24. The fourth-order valence-electron chi connectivity index (χ4n) is 2.53. The van der Waals surface area contributed by atoms with Gasteiger partial charge >= 0.3 is 5.97 Å². The van der Waals surface area contributed by atoms with Gasteiger partial charge in [-0.1, -0.05) is 6.92 Å². The van der Waals surface area contributed by atoms with E-state index in [1.165, 1.54) is 17.2 Å². The Hall–Kier alpha value is -2.83. The minimum Gasteiger partial charge on any atom is -0.481 e. The molecule has 1 amide bonds. The quantitative estimate of drug-likeness (QED) is 0.842. The fraction of sp³-hybridized carbons (Fsp3) is 0.353. The summed E-state index contributed by atoms with van der Waals surface area (Å²) in [6.07, 6.45) is 3.16. The molecule has 1 atom stereocenters. The lowest BCUT2D eigenvalue weighted by molar-refractivity contribution is -0.141. The van der Waals surface area contributed by atoms with Crippen LogP contribution in [0.25, 0.3) is 11.5 Å². The monoisotopic (exact) mass is 330 g/mol. The SMILES string of the molecule is CC(CN(C(=O)c1ccc(-c2ccco2)[nH]c1=O)C1CC1)C(=O)O. The summed E-state index contributed by atoms with van der Waals surface area (Å²) >= 11 is 0. The number of pyridine rings is 1. The number of nitrogens with zero attached hydrogens (tertiary/aromatic N) is 1. The molecular weight excluding hydrogens is 312 g/mol. The van der Waals surface area contributed by atoms with E-state index in [1.54, 1.807) is 25.1 Å². The number of hydrogen-bond acceptors (Lipinski definition) is 4. The summed E-state index contributed by atoms with van der Waals surface area (Å²) in [6, 6.07) is 6.49. The Morgan fingerprint density at radius 3 is 2.67 bits per heavy atom. The molecule has 2 heterocycles.